The molecule has 2 rings (SSSR count). The van der Waals surface area contributed by atoms with Gasteiger partial charge >= 0.3 is 5.97 Å². The van der Waals surface area contributed by atoms with E-state index in [1.807, 2.05) is 6.92 Å². The van der Waals surface area contributed by atoms with Gasteiger partial charge in [0.1, 0.15) is 11.0 Å². The zero-order chi connectivity index (χ0) is 11.5. The number of aryl methyl sites for hydroxylation is 1. The van der Waals surface area contributed by atoms with Crippen molar-refractivity contribution in [3.05, 3.63) is 5.01 Å². The maximum absolute atomic E-state index is 11.0. The molecule has 1 aromatic heterocycles. The summed E-state index contributed by atoms with van der Waals surface area (Å²) in [7, 11) is 0. The third-order valence-corrected chi connectivity index (χ3v) is 4.26. The SMILES string of the molecule is Cc1nnc(SCC(NC2CC2)C(=O)O)s1. The Morgan fingerprint density at radius 3 is 2.94 bits per heavy atom. The van der Waals surface area contributed by atoms with E-state index in [0.29, 0.717) is 11.8 Å². The second-order valence-corrected chi connectivity index (χ2v) is 6.18. The summed E-state index contributed by atoms with van der Waals surface area (Å²) in [6.07, 6.45) is 2.18. The quantitative estimate of drug-likeness (QED) is 0.746. The maximum Gasteiger partial charge on any atom is 0.321 e. The molecule has 1 heterocycles. The van der Waals surface area contributed by atoms with Crippen LogP contribution >= 0.6 is 23.1 Å². The maximum atomic E-state index is 11.0. The highest BCUT2D eigenvalue weighted by Crippen LogP contribution is 2.24. The fraction of sp³-hybridized carbons (Fsp3) is 0.667. The summed E-state index contributed by atoms with van der Waals surface area (Å²) in [6.45, 7) is 1.89. The second kappa shape index (κ2) is 5.11. The molecule has 1 fully saturated rings. The van der Waals surface area contributed by atoms with Gasteiger partial charge in [0.15, 0.2) is 4.34 Å². The van der Waals surface area contributed by atoms with Gasteiger partial charge < -0.3 is 10.4 Å². The average Bonchev–Trinajstić information content (AvgIpc) is 2.95. The standard InChI is InChI=1S/C9H13N3O2S2/c1-5-11-12-9(16-5)15-4-7(8(13)14)10-6-2-3-6/h6-7,10H,2-4H2,1H3,(H,13,14). The fourth-order valence-electron chi connectivity index (χ4n) is 1.22. The van der Waals surface area contributed by atoms with Crippen molar-refractivity contribution in [3.63, 3.8) is 0 Å². The van der Waals surface area contributed by atoms with E-state index in [4.69, 9.17) is 5.11 Å². The van der Waals surface area contributed by atoms with Crippen LogP contribution in [0.4, 0.5) is 0 Å². The highest BCUT2D eigenvalue weighted by molar-refractivity contribution is 8.01. The summed E-state index contributed by atoms with van der Waals surface area (Å²) >= 11 is 2.95. The number of carboxylic acids is 1. The van der Waals surface area contributed by atoms with Crippen molar-refractivity contribution in [2.75, 3.05) is 5.75 Å². The third kappa shape index (κ3) is 3.43. The van der Waals surface area contributed by atoms with E-state index in [1.54, 1.807) is 0 Å². The predicted molar refractivity (Wildman–Crippen MR) is 63.0 cm³/mol. The monoisotopic (exact) mass is 259 g/mol. The number of aromatic nitrogens is 2. The van der Waals surface area contributed by atoms with Crippen molar-refractivity contribution in [1.82, 2.24) is 15.5 Å². The summed E-state index contributed by atoms with van der Waals surface area (Å²) in [5.74, 6) is -0.291. The van der Waals surface area contributed by atoms with Crippen molar-refractivity contribution in [1.29, 1.82) is 0 Å². The lowest BCUT2D eigenvalue weighted by molar-refractivity contribution is -0.138. The van der Waals surface area contributed by atoms with Gasteiger partial charge in [0.25, 0.3) is 0 Å². The molecule has 0 radical (unpaired) electrons. The van der Waals surface area contributed by atoms with Gasteiger partial charge in [-0.2, -0.15) is 0 Å². The minimum absolute atomic E-state index is 0.401. The van der Waals surface area contributed by atoms with Crippen molar-refractivity contribution in [2.45, 2.75) is 36.2 Å². The number of rotatable bonds is 6. The van der Waals surface area contributed by atoms with Crippen LogP contribution in [0.3, 0.4) is 0 Å². The average molecular weight is 259 g/mol. The van der Waals surface area contributed by atoms with E-state index in [-0.39, 0.29) is 0 Å². The Kier molecular flexibility index (Phi) is 3.78. The first-order valence-corrected chi connectivity index (χ1v) is 6.87. The molecule has 0 spiro atoms. The summed E-state index contributed by atoms with van der Waals surface area (Å²) in [6, 6.07) is -0.0837. The number of thioether (sulfide) groups is 1. The molecule has 0 aromatic carbocycles. The number of hydrogen-bond acceptors (Lipinski definition) is 6. The second-order valence-electron chi connectivity index (χ2n) is 3.73. The minimum Gasteiger partial charge on any atom is -0.480 e. The molecular formula is C9H13N3O2S2. The van der Waals surface area contributed by atoms with Gasteiger partial charge in [0, 0.05) is 11.8 Å². The largest absolute Gasteiger partial charge is 0.480 e. The zero-order valence-corrected chi connectivity index (χ0v) is 10.5. The summed E-state index contributed by atoms with van der Waals surface area (Å²) < 4.78 is 0.835. The van der Waals surface area contributed by atoms with Gasteiger partial charge in [0.2, 0.25) is 0 Å². The van der Waals surface area contributed by atoms with E-state index in [9.17, 15) is 4.79 Å². The number of nitrogens with one attached hydrogen (secondary N) is 1. The Hall–Kier alpha value is -0.660. The van der Waals surface area contributed by atoms with E-state index < -0.39 is 12.0 Å². The van der Waals surface area contributed by atoms with Gasteiger partial charge in [0.05, 0.1) is 0 Å². The molecule has 1 unspecified atom stereocenters. The first kappa shape index (κ1) is 11.8. The normalized spacial score (nSPS) is 17.3. The predicted octanol–water partition coefficient (Wildman–Crippen LogP) is 1.14. The lowest BCUT2D eigenvalue weighted by atomic mass is 10.3. The van der Waals surface area contributed by atoms with Gasteiger partial charge in [-0.3, -0.25) is 4.79 Å². The minimum atomic E-state index is -0.791. The lowest BCUT2D eigenvalue weighted by Crippen LogP contribution is -2.40. The van der Waals surface area contributed by atoms with Crippen molar-refractivity contribution < 1.29 is 9.90 Å². The van der Waals surface area contributed by atoms with E-state index in [0.717, 1.165) is 22.2 Å². The molecule has 0 bridgehead atoms. The molecule has 7 heteroatoms. The van der Waals surface area contributed by atoms with E-state index >= 15 is 0 Å². The van der Waals surface area contributed by atoms with Gasteiger partial charge in [-0.1, -0.05) is 23.1 Å². The molecule has 88 valence electrons. The molecular weight excluding hydrogens is 246 g/mol. The van der Waals surface area contributed by atoms with Crippen LogP contribution in [-0.4, -0.2) is 39.1 Å². The number of carbonyl (C=O) groups is 1. The smallest absolute Gasteiger partial charge is 0.321 e. The number of carboxylic acid groups (broad SMARTS) is 1. The Labute approximate surface area is 102 Å². The summed E-state index contributed by atoms with van der Waals surface area (Å²) in [5, 5.41) is 20.9. The topological polar surface area (TPSA) is 75.1 Å². The molecule has 16 heavy (non-hydrogen) atoms. The summed E-state index contributed by atoms with van der Waals surface area (Å²) in [5.41, 5.74) is 0. The molecule has 1 atom stereocenters. The number of hydrogen-bond donors (Lipinski definition) is 2. The fourth-order valence-corrected chi connectivity index (χ4v) is 3.08. The third-order valence-electron chi connectivity index (χ3n) is 2.19. The van der Waals surface area contributed by atoms with Gasteiger partial charge in [-0.25, -0.2) is 0 Å². The highest BCUT2D eigenvalue weighted by Gasteiger charge is 2.28. The number of aliphatic carboxylic acids is 1. The molecule has 2 N–H and O–H groups in total. The van der Waals surface area contributed by atoms with Crippen LogP contribution in [0.5, 0.6) is 0 Å². The Balaban J connectivity index is 1.83. The first-order chi connectivity index (χ1) is 7.65. The van der Waals surface area contributed by atoms with Crippen molar-refractivity contribution in [3.8, 4) is 0 Å². The Morgan fingerprint density at radius 1 is 1.69 bits per heavy atom. The number of nitrogens with zero attached hydrogens (tertiary/aromatic N) is 2. The molecule has 1 saturated carbocycles. The van der Waals surface area contributed by atoms with Crippen LogP contribution in [-0.2, 0) is 4.79 Å². The molecule has 1 aliphatic rings. The van der Waals surface area contributed by atoms with Gasteiger partial charge in [-0.05, 0) is 19.8 Å². The highest BCUT2D eigenvalue weighted by atomic mass is 32.2. The van der Waals surface area contributed by atoms with E-state index in [1.165, 1.54) is 23.1 Å². The van der Waals surface area contributed by atoms with Crippen LogP contribution in [0.15, 0.2) is 4.34 Å². The van der Waals surface area contributed by atoms with Crippen molar-refractivity contribution >= 4 is 29.1 Å². The van der Waals surface area contributed by atoms with Crippen LogP contribution in [0.2, 0.25) is 0 Å². The molecule has 1 aliphatic carbocycles. The summed E-state index contributed by atoms with van der Waals surface area (Å²) in [4.78, 5) is 11.0. The molecule has 0 aliphatic heterocycles. The van der Waals surface area contributed by atoms with Crippen LogP contribution < -0.4 is 5.32 Å². The molecule has 5 nitrogen and oxygen atoms in total. The Morgan fingerprint density at radius 2 is 2.44 bits per heavy atom. The van der Waals surface area contributed by atoms with Crippen LogP contribution in [0.1, 0.15) is 17.8 Å². The van der Waals surface area contributed by atoms with Crippen LogP contribution in [0.25, 0.3) is 0 Å². The molecule has 0 amide bonds. The first-order valence-electron chi connectivity index (χ1n) is 5.07. The van der Waals surface area contributed by atoms with Crippen LogP contribution in [0, 0.1) is 6.92 Å². The zero-order valence-electron chi connectivity index (χ0n) is 8.84. The molecule has 1 aromatic rings. The van der Waals surface area contributed by atoms with E-state index in [2.05, 4.69) is 15.5 Å². The van der Waals surface area contributed by atoms with Crippen molar-refractivity contribution in [2.24, 2.45) is 0 Å². The Bertz CT molecular complexity index is 379. The van der Waals surface area contributed by atoms with Gasteiger partial charge in [-0.15, -0.1) is 10.2 Å². The molecule has 0 saturated heterocycles. The lowest BCUT2D eigenvalue weighted by Gasteiger charge is -2.11.